The standard InChI is InChI=1S/2C25H18FN3O3.C24H18BrClN2O2.C19H13ClN4O2S.C19H14ClN3O2/c26-19-10-8-17(9-11-19)23(30)28-13-14-29-24(31)21-6-1-2-7-22(21)25(28,29)18-4-3-5-20(16-18)32-15-12-27;26-19-9-5-17(6-10-19)23(30)28-14-15-29-24(31)21-3-1-2-4-22(21)25(28,29)18-7-11-20(12-8-18)32-16-13-27;25-18-5-3-4-16(14-18)15-22(29)27-12-13-28-23(30)20-6-1-2-7-21(20)24(27,28)17-8-10-19(26)11-9-17;20-13-7-5-12(6-8-13)19-15-4-2-1-3-14(15)17(25)23(19)9-10-24(19)18(26)16-11-27-22-21-16;20-14-7-5-13(6-8-14)19-16-4-2-1-3-15(16)18(25)23(19)12-11-22(19)17(24)9-10-21/h1-11,16H,13-15H2;1-12H,14-16H2;1-11,14H,12-13,15H2;1-8,11H,9-10H2;1-8H,9,11-12H2. The van der Waals surface area contributed by atoms with Crippen LogP contribution < -0.4 is 9.47 Å². The third kappa shape index (κ3) is 15.9. The highest BCUT2D eigenvalue weighted by Crippen LogP contribution is 2.57. The lowest BCUT2D eigenvalue weighted by Gasteiger charge is -2.40. The van der Waals surface area contributed by atoms with E-state index in [1.807, 2.05) is 204 Å². The van der Waals surface area contributed by atoms with Crippen molar-refractivity contribution < 1.29 is 66.2 Å². The molecule has 10 aliphatic rings. The number of hydrogen-bond donors (Lipinski definition) is 0. The molecule has 0 bridgehead atoms. The van der Waals surface area contributed by atoms with Crippen molar-refractivity contribution in [1.82, 2.24) is 58.6 Å². The van der Waals surface area contributed by atoms with E-state index in [-0.39, 0.29) is 90.8 Å². The molecule has 5 fully saturated rings. The average molecular weight is 2090 g/mol. The number of nitriles is 3. The van der Waals surface area contributed by atoms with E-state index in [9.17, 15) is 56.7 Å². The van der Waals surface area contributed by atoms with Crippen LogP contribution in [0, 0.1) is 45.6 Å². The number of hydrogen-bond acceptors (Lipinski definition) is 18. The maximum absolute atomic E-state index is 13.6. The number of benzene rings is 13. The van der Waals surface area contributed by atoms with Crippen LogP contribution in [0.25, 0.3) is 0 Å². The zero-order chi connectivity index (χ0) is 102. The molecule has 0 aliphatic carbocycles. The minimum absolute atomic E-state index is 0.0185. The van der Waals surface area contributed by atoms with Crippen molar-refractivity contribution in [2.75, 3.05) is 78.7 Å². The van der Waals surface area contributed by atoms with Crippen LogP contribution in [0.15, 0.2) is 325 Å². The lowest BCUT2D eigenvalue weighted by atomic mass is 9.89. The Bertz CT molecular complexity index is 7760. The first-order chi connectivity index (χ1) is 70.9. The van der Waals surface area contributed by atoms with Gasteiger partial charge in [0.25, 0.3) is 47.3 Å². The highest BCUT2D eigenvalue weighted by atomic mass is 79.9. The van der Waals surface area contributed by atoms with Crippen molar-refractivity contribution in [3.05, 3.63) is 458 Å². The number of halogens is 6. The summed E-state index contributed by atoms with van der Waals surface area (Å²) in [5.74, 6) is -1.52. The molecule has 1 aromatic heterocycles. The largest absolute Gasteiger partial charge is 0.479 e. The fraction of sp³-hybridized carbons (Fsp3) is 0.170. The van der Waals surface area contributed by atoms with E-state index < -0.39 is 39.9 Å². The molecule has 13 aromatic carbocycles. The van der Waals surface area contributed by atoms with E-state index in [0.29, 0.717) is 142 Å². The van der Waals surface area contributed by atoms with Crippen LogP contribution in [0.4, 0.5) is 8.78 Å². The van der Waals surface area contributed by atoms with Crippen molar-refractivity contribution in [2.45, 2.75) is 41.2 Å². The van der Waals surface area contributed by atoms with Crippen LogP contribution in [-0.4, -0.2) is 196 Å². The lowest BCUT2D eigenvalue weighted by Crippen LogP contribution is -2.52. The fourth-order valence-corrected chi connectivity index (χ4v) is 23.4. The second kappa shape index (κ2) is 39.6. The van der Waals surface area contributed by atoms with E-state index in [4.69, 9.17) is 60.1 Å². The van der Waals surface area contributed by atoms with Crippen molar-refractivity contribution in [1.29, 1.82) is 15.8 Å². The first-order valence-electron chi connectivity index (χ1n) is 46.4. The van der Waals surface area contributed by atoms with Gasteiger partial charge in [-0.25, -0.2) is 8.78 Å². The minimum atomic E-state index is -1.16. The van der Waals surface area contributed by atoms with E-state index in [0.717, 1.165) is 66.1 Å². The van der Waals surface area contributed by atoms with Gasteiger partial charge in [0.05, 0.1) is 12.5 Å². The Morgan fingerprint density at radius 3 is 1.03 bits per heavy atom. The van der Waals surface area contributed by atoms with Crippen molar-refractivity contribution in [3.63, 3.8) is 0 Å². The second-order valence-corrected chi connectivity index (χ2v) is 38.1. The third-order valence-corrected chi connectivity index (χ3v) is 29.7. The maximum atomic E-state index is 13.6. The molecule has 24 rings (SSSR count). The van der Waals surface area contributed by atoms with Crippen LogP contribution in [-0.2, 0) is 44.3 Å². The van der Waals surface area contributed by atoms with Crippen LogP contribution in [0.3, 0.4) is 0 Å². The average Bonchev–Trinajstić information content (AvgIpc) is 1.53. The predicted molar refractivity (Wildman–Crippen MR) is 538 cm³/mol. The predicted octanol–water partition coefficient (Wildman–Crippen LogP) is 17.7. The number of carbonyl (C=O) groups is 10. The van der Waals surface area contributed by atoms with Gasteiger partial charge in [-0.1, -0.05) is 219 Å². The smallest absolute Gasteiger partial charge is 0.277 e. The van der Waals surface area contributed by atoms with Crippen LogP contribution in [0.1, 0.15) is 151 Å². The molecular weight excluding hydrogens is 2000 g/mol. The molecule has 0 spiro atoms. The van der Waals surface area contributed by atoms with Crippen molar-refractivity contribution in [2.24, 2.45) is 0 Å². The monoisotopic (exact) mass is 2080 g/mol. The zero-order valence-electron chi connectivity index (χ0n) is 77.3. The Balaban J connectivity index is 0.000000111. The summed E-state index contributed by atoms with van der Waals surface area (Å²) in [6, 6.07) is 97.3. The number of aromatic nitrogens is 2. The molecule has 0 radical (unpaired) electrons. The number of carbonyl (C=O) groups excluding carboxylic acids is 10. The van der Waals surface area contributed by atoms with Gasteiger partial charge in [-0.15, -0.1) is 5.10 Å². The van der Waals surface area contributed by atoms with Gasteiger partial charge < -0.3 is 58.5 Å². The molecule has 10 aliphatic heterocycles. The fourth-order valence-electron chi connectivity index (χ4n) is 22.2. The van der Waals surface area contributed by atoms with E-state index >= 15 is 0 Å². The Morgan fingerprint density at radius 2 is 0.678 bits per heavy atom. The number of fused-ring (bicyclic) bond motifs is 15. The molecule has 5 saturated heterocycles. The summed E-state index contributed by atoms with van der Waals surface area (Å²) in [6.45, 7) is 3.82. The summed E-state index contributed by atoms with van der Waals surface area (Å²) in [5.41, 5.74) is 7.32. The van der Waals surface area contributed by atoms with Crippen molar-refractivity contribution >= 4 is 121 Å². The maximum Gasteiger partial charge on any atom is 0.277 e. The third-order valence-electron chi connectivity index (χ3n) is 27.9. The van der Waals surface area contributed by atoms with Crippen LogP contribution in [0.5, 0.6) is 11.5 Å². The first-order valence-corrected chi connectivity index (χ1v) is 49.2. The summed E-state index contributed by atoms with van der Waals surface area (Å²) in [5, 5.41) is 34.0. The number of amides is 10. The van der Waals surface area contributed by atoms with Gasteiger partial charge in [-0.2, -0.15) is 15.8 Å². The molecule has 27 nitrogen and oxygen atoms in total. The summed E-state index contributed by atoms with van der Waals surface area (Å²) >= 11 is 22.9. The summed E-state index contributed by atoms with van der Waals surface area (Å²) < 4.78 is 42.5. The molecule has 0 N–H and O–H groups in total. The van der Waals surface area contributed by atoms with Gasteiger partial charge in [-0.05, 0) is 169 Å². The van der Waals surface area contributed by atoms with Gasteiger partial charge >= 0.3 is 0 Å². The van der Waals surface area contributed by atoms with Crippen LogP contribution in [0.2, 0.25) is 15.1 Å². The highest BCUT2D eigenvalue weighted by Gasteiger charge is 2.65. The molecule has 34 heteroatoms. The van der Waals surface area contributed by atoms with Gasteiger partial charge in [0.15, 0.2) is 47.2 Å². The second-order valence-electron chi connectivity index (χ2n) is 35.2. The Morgan fingerprint density at radius 1 is 0.349 bits per heavy atom. The molecule has 5 unspecified atom stereocenters. The molecule has 724 valence electrons. The van der Waals surface area contributed by atoms with E-state index in [1.165, 1.54) is 48.5 Å². The summed E-state index contributed by atoms with van der Waals surface area (Å²) in [6.07, 6.45) is 0.0402. The number of nitrogens with zero attached hydrogens (tertiary/aromatic N) is 15. The topological polar surface area (TPSA) is 319 Å². The number of ether oxygens (including phenoxy) is 2. The summed E-state index contributed by atoms with van der Waals surface area (Å²) in [7, 11) is 0. The molecule has 14 aromatic rings. The molecule has 10 amide bonds. The molecule has 11 heterocycles. The first kappa shape index (κ1) is 96.9. The SMILES string of the molecule is N#CCC(=O)N1CCN2C(=O)c3ccccc3C12c1ccc(Cl)cc1.N#CCOc1ccc(C23c4ccccc4C(=O)N2CCN3C(=O)c2ccc(F)cc2)cc1.N#CCOc1cccc(C23c4ccccc4C(=O)N2CCN3C(=O)c2ccc(F)cc2)c1.O=C(Cc1cccc(Br)c1)N1CCN2C(=O)c3ccccc3C12c1ccc(Cl)cc1.O=C(c1csnn1)N1CCN2C(=O)c3ccccc3C12c1ccc(Cl)cc1. The Kier molecular flexibility index (Phi) is 26.3. The highest BCUT2D eigenvalue weighted by molar-refractivity contribution is 9.10. The zero-order valence-corrected chi connectivity index (χ0v) is 82.0. The van der Waals surface area contributed by atoms with Gasteiger partial charge in [0.1, 0.15) is 41.7 Å². The van der Waals surface area contributed by atoms with Gasteiger partial charge in [0.2, 0.25) is 11.8 Å². The summed E-state index contributed by atoms with van der Waals surface area (Å²) in [4.78, 5) is 150. The van der Waals surface area contributed by atoms with Crippen molar-refractivity contribution in [3.8, 4) is 29.7 Å². The van der Waals surface area contributed by atoms with Gasteiger partial charge in [-0.3, -0.25) is 47.9 Å². The lowest BCUT2D eigenvalue weighted by molar-refractivity contribution is -0.136. The minimum Gasteiger partial charge on any atom is -0.479 e. The molecule has 146 heavy (non-hydrogen) atoms. The quantitative estimate of drug-likeness (QED) is 0.0920. The normalized spacial score (nSPS) is 19.7. The number of rotatable bonds is 15. The molecular formula is C112H81BrCl3F2N15O12S. The van der Waals surface area contributed by atoms with E-state index in [1.54, 1.807) is 136 Å². The Labute approximate surface area is 863 Å². The van der Waals surface area contributed by atoms with Crippen LogP contribution >= 0.6 is 62.3 Å². The molecule has 5 atom stereocenters. The van der Waals surface area contributed by atoms with E-state index in [2.05, 4.69) is 25.5 Å². The Hall–Kier alpha value is -16.6. The van der Waals surface area contributed by atoms with Gasteiger partial charge in [0, 0.05) is 185 Å². The molecule has 0 saturated carbocycles.